The molecule has 0 unspecified atom stereocenters. The minimum Gasteiger partial charge on any atom is -0.459 e. The van der Waals surface area contributed by atoms with Crippen molar-refractivity contribution in [2.24, 2.45) is 0 Å². The first-order valence-corrected chi connectivity index (χ1v) is 9.98. The number of nitrogens with zero attached hydrogens (tertiary/aromatic N) is 4. The van der Waals surface area contributed by atoms with Crippen LogP contribution in [0.3, 0.4) is 0 Å². The molecular formula is C18H24Cl2N4O5. The molecule has 1 aromatic heterocycles. The van der Waals surface area contributed by atoms with Gasteiger partial charge < -0.3 is 4.74 Å². The molecule has 0 spiro atoms. The Kier molecular flexibility index (Phi) is 7.42. The molecule has 0 radical (unpaired) electrons. The number of halogens is 2. The number of carbonyl (C=O) groups is 2. The van der Waals surface area contributed by atoms with Gasteiger partial charge in [0.25, 0.3) is 0 Å². The van der Waals surface area contributed by atoms with Gasteiger partial charge in [0.1, 0.15) is 0 Å². The summed E-state index contributed by atoms with van der Waals surface area (Å²) in [5.41, 5.74) is -0.565. The summed E-state index contributed by atoms with van der Waals surface area (Å²) in [6, 6.07) is 0.552. The van der Waals surface area contributed by atoms with Crippen LogP contribution in [0.15, 0.2) is 6.07 Å². The third kappa shape index (κ3) is 5.34. The SMILES string of the molecule is CCOC(=O)C(=O)N(c1nc(Cl)c(Cl)cc1[N+](=O)[O-])C1CCN(C(C)(C)C)CC1. The summed E-state index contributed by atoms with van der Waals surface area (Å²) in [4.78, 5) is 43.2. The van der Waals surface area contributed by atoms with Gasteiger partial charge in [-0.1, -0.05) is 23.2 Å². The Labute approximate surface area is 179 Å². The number of esters is 1. The van der Waals surface area contributed by atoms with Crippen LogP contribution in [0.1, 0.15) is 40.5 Å². The van der Waals surface area contributed by atoms with Gasteiger partial charge in [-0.2, -0.15) is 0 Å². The van der Waals surface area contributed by atoms with E-state index in [4.69, 9.17) is 27.9 Å². The van der Waals surface area contributed by atoms with Crippen LogP contribution < -0.4 is 4.90 Å². The minimum absolute atomic E-state index is 0.00220. The third-order valence-corrected chi connectivity index (χ3v) is 5.44. The lowest BCUT2D eigenvalue weighted by Crippen LogP contribution is -2.54. The summed E-state index contributed by atoms with van der Waals surface area (Å²) < 4.78 is 4.83. The topological polar surface area (TPSA) is 106 Å². The van der Waals surface area contributed by atoms with Crippen molar-refractivity contribution in [3.05, 3.63) is 26.4 Å². The van der Waals surface area contributed by atoms with Crippen molar-refractivity contribution in [3.63, 3.8) is 0 Å². The van der Waals surface area contributed by atoms with Gasteiger partial charge in [0.15, 0.2) is 5.15 Å². The highest BCUT2D eigenvalue weighted by molar-refractivity contribution is 6.42. The van der Waals surface area contributed by atoms with Crippen molar-refractivity contribution in [2.75, 3.05) is 24.6 Å². The molecule has 1 aliphatic heterocycles. The zero-order chi connectivity index (χ0) is 21.9. The second-order valence-corrected chi connectivity index (χ2v) is 8.41. The number of hydrogen-bond acceptors (Lipinski definition) is 7. The maximum absolute atomic E-state index is 12.9. The summed E-state index contributed by atoms with van der Waals surface area (Å²) in [7, 11) is 0. The summed E-state index contributed by atoms with van der Waals surface area (Å²) >= 11 is 11.9. The van der Waals surface area contributed by atoms with E-state index in [9.17, 15) is 19.7 Å². The van der Waals surface area contributed by atoms with Gasteiger partial charge in [0.05, 0.1) is 16.6 Å². The number of rotatable bonds is 4. The van der Waals surface area contributed by atoms with Crippen LogP contribution in [0.25, 0.3) is 0 Å². The van der Waals surface area contributed by atoms with E-state index in [1.165, 1.54) is 0 Å². The van der Waals surface area contributed by atoms with Crippen molar-refractivity contribution in [2.45, 2.75) is 52.1 Å². The molecule has 160 valence electrons. The van der Waals surface area contributed by atoms with Crippen LogP contribution in [0.2, 0.25) is 10.2 Å². The van der Waals surface area contributed by atoms with Gasteiger partial charge in [-0.25, -0.2) is 9.78 Å². The van der Waals surface area contributed by atoms with Crippen LogP contribution in [-0.2, 0) is 14.3 Å². The van der Waals surface area contributed by atoms with Gasteiger partial charge in [-0.15, -0.1) is 0 Å². The maximum Gasteiger partial charge on any atom is 0.397 e. The molecule has 11 heteroatoms. The molecule has 1 aromatic rings. The van der Waals surface area contributed by atoms with Crippen molar-refractivity contribution >= 4 is 46.6 Å². The van der Waals surface area contributed by atoms with E-state index in [-0.39, 0.29) is 28.1 Å². The highest BCUT2D eigenvalue weighted by atomic mass is 35.5. The minimum atomic E-state index is -1.10. The number of piperidine rings is 1. The highest BCUT2D eigenvalue weighted by Crippen LogP contribution is 2.36. The molecule has 1 aliphatic rings. The lowest BCUT2D eigenvalue weighted by Gasteiger charge is -2.43. The van der Waals surface area contributed by atoms with Gasteiger partial charge >= 0.3 is 17.6 Å². The fourth-order valence-electron chi connectivity index (χ4n) is 3.28. The predicted octanol–water partition coefficient (Wildman–Crippen LogP) is 3.46. The number of carbonyl (C=O) groups excluding carboxylic acids is 2. The molecule has 9 nitrogen and oxygen atoms in total. The summed E-state index contributed by atoms with van der Waals surface area (Å²) in [6.45, 7) is 9.11. The summed E-state index contributed by atoms with van der Waals surface area (Å²) in [6.07, 6.45) is 1.00. The second-order valence-electron chi connectivity index (χ2n) is 7.65. The quantitative estimate of drug-likeness (QED) is 0.229. The molecule has 0 N–H and O–H groups in total. The normalized spacial score (nSPS) is 15.8. The molecule has 1 saturated heterocycles. The lowest BCUT2D eigenvalue weighted by molar-refractivity contribution is -0.384. The molecule has 0 aliphatic carbocycles. The second kappa shape index (κ2) is 9.23. The van der Waals surface area contributed by atoms with E-state index >= 15 is 0 Å². The number of nitro groups is 1. The van der Waals surface area contributed by atoms with Crippen LogP contribution in [0.4, 0.5) is 11.5 Å². The lowest BCUT2D eigenvalue weighted by atomic mass is 9.97. The third-order valence-electron chi connectivity index (χ3n) is 4.77. The number of hydrogen-bond donors (Lipinski definition) is 0. The Balaban J connectivity index is 2.48. The van der Waals surface area contributed by atoms with E-state index in [1.54, 1.807) is 6.92 Å². The Morgan fingerprint density at radius 1 is 1.34 bits per heavy atom. The van der Waals surface area contributed by atoms with E-state index in [0.717, 1.165) is 11.0 Å². The Hall–Kier alpha value is -1.97. The number of amides is 1. The average molecular weight is 447 g/mol. The summed E-state index contributed by atoms with van der Waals surface area (Å²) in [5.74, 6) is -2.43. The molecule has 1 amide bonds. The van der Waals surface area contributed by atoms with Crippen LogP contribution >= 0.6 is 23.2 Å². The zero-order valence-corrected chi connectivity index (χ0v) is 18.3. The highest BCUT2D eigenvalue weighted by Gasteiger charge is 2.39. The average Bonchev–Trinajstić information content (AvgIpc) is 2.64. The Morgan fingerprint density at radius 3 is 2.41 bits per heavy atom. The maximum atomic E-state index is 12.9. The molecule has 0 bridgehead atoms. The number of ether oxygens (including phenoxy) is 1. The smallest absolute Gasteiger partial charge is 0.397 e. The molecule has 0 aromatic carbocycles. The van der Waals surface area contributed by atoms with E-state index < -0.39 is 28.5 Å². The molecule has 1 fully saturated rings. The monoisotopic (exact) mass is 446 g/mol. The summed E-state index contributed by atoms with van der Waals surface area (Å²) in [5, 5.41) is 11.3. The first kappa shape index (κ1) is 23.3. The zero-order valence-electron chi connectivity index (χ0n) is 16.8. The van der Waals surface area contributed by atoms with Gasteiger partial charge in [0.2, 0.25) is 5.82 Å². The van der Waals surface area contributed by atoms with E-state index in [1.807, 2.05) is 0 Å². The van der Waals surface area contributed by atoms with E-state index in [0.29, 0.717) is 25.9 Å². The molecular weight excluding hydrogens is 423 g/mol. The standard InChI is InChI=1S/C18H24Cl2N4O5/c1-5-29-17(26)16(25)23(11-6-8-22(9-7-11)18(2,3)4)15-13(24(27)28)10-12(19)14(20)21-15/h10-11H,5-9H2,1-4H3. The van der Waals surface area contributed by atoms with Gasteiger partial charge in [-0.3, -0.25) is 24.7 Å². The fraction of sp³-hybridized carbons (Fsp3) is 0.611. The Bertz CT molecular complexity index is 804. The van der Waals surface area contributed by atoms with Crippen molar-refractivity contribution in [3.8, 4) is 0 Å². The van der Waals surface area contributed by atoms with Crippen LogP contribution in [-0.4, -0.2) is 58.0 Å². The first-order valence-electron chi connectivity index (χ1n) is 9.23. The first-order chi connectivity index (χ1) is 13.5. The fourth-order valence-corrected chi connectivity index (χ4v) is 3.56. The van der Waals surface area contributed by atoms with Crippen LogP contribution in [0, 0.1) is 10.1 Å². The van der Waals surface area contributed by atoms with Gasteiger partial charge in [-0.05, 0) is 40.5 Å². The van der Waals surface area contributed by atoms with Crippen molar-refractivity contribution < 1.29 is 19.2 Å². The molecule has 29 heavy (non-hydrogen) atoms. The van der Waals surface area contributed by atoms with Crippen molar-refractivity contribution in [1.82, 2.24) is 9.88 Å². The van der Waals surface area contributed by atoms with Crippen molar-refractivity contribution in [1.29, 1.82) is 0 Å². The number of aromatic nitrogens is 1. The van der Waals surface area contributed by atoms with Crippen LogP contribution in [0.5, 0.6) is 0 Å². The molecule has 0 saturated carbocycles. The predicted molar refractivity (Wildman–Crippen MR) is 109 cm³/mol. The van der Waals surface area contributed by atoms with Gasteiger partial charge in [0, 0.05) is 30.7 Å². The molecule has 2 heterocycles. The number of anilines is 1. The largest absolute Gasteiger partial charge is 0.459 e. The van der Waals surface area contributed by atoms with E-state index in [2.05, 4.69) is 30.7 Å². The number of pyridine rings is 1. The Morgan fingerprint density at radius 2 is 1.93 bits per heavy atom. The molecule has 0 atom stereocenters. The molecule has 2 rings (SSSR count). The number of likely N-dealkylation sites (tertiary alicyclic amines) is 1.